The van der Waals surface area contributed by atoms with Crippen LogP contribution in [-0.4, -0.2) is 11.6 Å². The van der Waals surface area contributed by atoms with Crippen LogP contribution in [-0.2, 0) is 6.54 Å². The van der Waals surface area contributed by atoms with Gasteiger partial charge in [-0.25, -0.2) is 4.98 Å². The molecule has 2 aromatic rings. The first kappa shape index (κ1) is 12.4. The van der Waals surface area contributed by atoms with Gasteiger partial charge in [0.1, 0.15) is 0 Å². The molecule has 1 aliphatic rings. The predicted octanol–water partition coefficient (Wildman–Crippen LogP) is 3.26. The van der Waals surface area contributed by atoms with Gasteiger partial charge in [0.05, 0.1) is 12.3 Å². The molecule has 1 saturated carbocycles. The number of pyridine rings is 1. The van der Waals surface area contributed by atoms with E-state index < -0.39 is 0 Å². The standard InChI is InChI=1S/C16H20N2O/c17-10-14-9-13-7-3-4-8-15(13)16(18-14)19-11-12-5-1-2-6-12/h3-4,7-9,12H,1-2,5-6,10-11,17H2. The lowest BCUT2D eigenvalue weighted by Gasteiger charge is -2.13. The van der Waals surface area contributed by atoms with Crippen LogP contribution in [0.1, 0.15) is 31.4 Å². The lowest BCUT2D eigenvalue weighted by molar-refractivity contribution is 0.246. The van der Waals surface area contributed by atoms with E-state index in [0.29, 0.717) is 12.5 Å². The number of hydrogen-bond acceptors (Lipinski definition) is 3. The van der Waals surface area contributed by atoms with Crippen LogP contribution >= 0.6 is 0 Å². The van der Waals surface area contributed by atoms with Gasteiger partial charge in [0, 0.05) is 11.9 Å². The fourth-order valence-electron chi connectivity index (χ4n) is 2.81. The Kier molecular flexibility index (Phi) is 3.65. The molecule has 1 heterocycles. The molecule has 3 heteroatoms. The molecule has 0 unspecified atom stereocenters. The van der Waals surface area contributed by atoms with Gasteiger partial charge in [-0.1, -0.05) is 31.0 Å². The Morgan fingerprint density at radius 2 is 2.00 bits per heavy atom. The van der Waals surface area contributed by atoms with Crippen molar-refractivity contribution >= 4 is 10.8 Å². The zero-order valence-corrected chi connectivity index (χ0v) is 11.1. The lowest BCUT2D eigenvalue weighted by Crippen LogP contribution is -2.10. The van der Waals surface area contributed by atoms with E-state index in [-0.39, 0.29) is 0 Å². The predicted molar refractivity (Wildman–Crippen MR) is 77.1 cm³/mol. The normalized spacial score (nSPS) is 16.1. The molecule has 0 aliphatic heterocycles. The summed E-state index contributed by atoms with van der Waals surface area (Å²) in [5.41, 5.74) is 6.60. The Morgan fingerprint density at radius 1 is 1.21 bits per heavy atom. The first-order valence-corrected chi connectivity index (χ1v) is 7.08. The molecule has 1 aromatic carbocycles. The highest BCUT2D eigenvalue weighted by molar-refractivity contribution is 5.87. The largest absolute Gasteiger partial charge is 0.477 e. The maximum absolute atomic E-state index is 5.98. The lowest BCUT2D eigenvalue weighted by atomic mass is 10.1. The van der Waals surface area contributed by atoms with Crippen LogP contribution in [0.5, 0.6) is 5.88 Å². The molecule has 0 spiro atoms. The Balaban J connectivity index is 1.87. The highest BCUT2D eigenvalue weighted by Crippen LogP contribution is 2.28. The minimum absolute atomic E-state index is 0.449. The number of benzene rings is 1. The van der Waals surface area contributed by atoms with Crippen LogP contribution in [0.15, 0.2) is 30.3 Å². The maximum atomic E-state index is 5.98. The molecule has 0 saturated heterocycles. The quantitative estimate of drug-likeness (QED) is 0.913. The van der Waals surface area contributed by atoms with Gasteiger partial charge >= 0.3 is 0 Å². The smallest absolute Gasteiger partial charge is 0.221 e. The van der Waals surface area contributed by atoms with Crippen LogP contribution in [0.3, 0.4) is 0 Å². The summed E-state index contributed by atoms with van der Waals surface area (Å²) in [4.78, 5) is 4.53. The maximum Gasteiger partial charge on any atom is 0.221 e. The number of hydrogen-bond donors (Lipinski definition) is 1. The summed E-state index contributed by atoms with van der Waals surface area (Å²) in [5.74, 6) is 1.44. The van der Waals surface area contributed by atoms with E-state index in [1.54, 1.807) is 0 Å². The average molecular weight is 256 g/mol. The van der Waals surface area contributed by atoms with Crippen molar-refractivity contribution in [2.24, 2.45) is 11.7 Å². The van der Waals surface area contributed by atoms with E-state index in [0.717, 1.165) is 29.0 Å². The van der Waals surface area contributed by atoms with Gasteiger partial charge in [-0.3, -0.25) is 0 Å². The molecule has 2 N–H and O–H groups in total. The van der Waals surface area contributed by atoms with Crippen molar-refractivity contribution in [3.8, 4) is 5.88 Å². The molecule has 0 radical (unpaired) electrons. The highest BCUT2D eigenvalue weighted by Gasteiger charge is 2.16. The molecular formula is C16H20N2O. The zero-order valence-electron chi connectivity index (χ0n) is 11.1. The third kappa shape index (κ3) is 2.71. The second-order valence-corrected chi connectivity index (χ2v) is 5.31. The minimum atomic E-state index is 0.449. The van der Waals surface area contributed by atoms with Gasteiger partial charge in [0.25, 0.3) is 0 Å². The topological polar surface area (TPSA) is 48.1 Å². The second-order valence-electron chi connectivity index (χ2n) is 5.31. The summed E-state index contributed by atoms with van der Waals surface area (Å²) >= 11 is 0. The highest BCUT2D eigenvalue weighted by atomic mass is 16.5. The van der Waals surface area contributed by atoms with Crippen LogP contribution in [0.25, 0.3) is 10.8 Å². The molecule has 1 aliphatic carbocycles. The van der Waals surface area contributed by atoms with Gasteiger partial charge in [-0.05, 0) is 36.3 Å². The van der Waals surface area contributed by atoms with E-state index in [4.69, 9.17) is 10.5 Å². The van der Waals surface area contributed by atoms with E-state index in [1.165, 1.54) is 25.7 Å². The van der Waals surface area contributed by atoms with Crippen LogP contribution in [0, 0.1) is 5.92 Å². The summed E-state index contributed by atoms with van der Waals surface area (Å²) in [6.07, 6.45) is 5.25. The number of ether oxygens (including phenoxy) is 1. The van der Waals surface area contributed by atoms with Crippen molar-refractivity contribution in [1.82, 2.24) is 4.98 Å². The molecule has 19 heavy (non-hydrogen) atoms. The Hall–Kier alpha value is -1.61. The number of nitrogens with two attached hydrogens (primary N) is 1. The van der Waals surface area contributed by atoms with Crippen molar-refractivity contribution in [3.63, 3.8) is 0 Å². The van der Waals surface area contributed by atoms with Gasteiger partial charge in [-0.2, -0.15) is 0 Å². The monoisotopic (exact) mass is 256 g/mol. The summed E-state index contributed by atoms with van der Waals surface area (Å²) < 4.78 is 5.98. The van der Waals surface area contributed by atoms with Gasteiger partial charge in [0.2, 0.25) is 5.88 Å². The molecule has 0 amide bonds. The van der Waals surface area contributed by atoms with E-state index in [1.807, 2.05) is 18.2 Å². The van der Waals surface area contributed by atoms with Crippen LogP contribution in [0.2, 0.25) is 0 Å². The minimum Gasteiger partial charge on any atom is -0.477 e. The number of fused-ring (bicyclic) bond motifs is 1. The fraction of sp³-hybridized carbons (Fsp3) is 0.438. The molecule has 1 aromatic heterocycles. The van der Waals surface area contributed by atoms with E-state index >= 15 is 0 Å². The molecule has 0 bridgehead atoms. The zero-order chi connectivity index (χ0) is 13.1. The van der Waals surface area contributed by atoms with Crippen molar-refractivity contribution in [1.29, 1.82) is 0 Å². The van der Waals surface area contributed by atoms with Crippen molar-refractivity contribution in [2.75, 3.05) is 6.61 Å². The molecule has 1 fully saturated rings. The molecular weight excluding hydrogens is 236 g/mol. The Bertz CT molecular complexity index is 562. The van der Waals surface area contributed by atoms with Crippen molar-refractivity contribution in [3.05, 3.63) is 36.0 Å². The summed E-state index contributed by atoms with van der Waals surface area (Å²) in [7, 11) is 0. The second kappa shape index (κ2) is 5.57. The van der Waals surface area contributed by atoms with Crippen molar-refractivity contribution in [2.45, 2.75) is 32.2 Å². The summed E-state index contributed by atoms with van der Waals surface area (Å²) in [6, 6.07) is 10.2. The van der Waals surface area contributed by atoms with Crippen molar-refractivity contribution < 1.29 is 4.74 Å². The first-order valence-electron chi connectivity index (χ1n) is 7.08. The van der Waals surface area contributed by atoms with Gasteiger partial charge in [0.15, 0.2) is 0 Å². The molecule has 0 atom stereocenters. The average Bonchev–Trinajstić information content (AvgIpc) is 2.97. The SMILES string of the molecule is NCc1cc2ccccc2c(OCC2CCCC2)n1. The fourth-order valence-corrected chi connectivity index (χ4v) is 2.81. The number of rotatable bonds is 4. The van der Waals surface area contributed by atoms with E-state index in [9.17, 15) is 0 Å². The third-order valence-corrected chi connectivity index (χ3v) is 3.90. The molecule has 3 nitrogen and oxygen atoms in total. The third-order valence-electron chi connectivity index (χ3n) is 3.90. The van der Waals surface area contributed by atoms with Crippen LogP contribution < -0.4 is 10.5 Å². The summed E-state index contributed by atoms with van der Waals surface area (Å²) in [5, 5.41) is 2.23. The first-order chi connectivity index (χ1) is 9.36. The van der Waals surface area contributed by atoms with Gasteiger partial charge in [-0.15, -0.1) is 0 Å². The number of nitrogens with zero attached hydrogens (tertiary/aromatic N) is 1. The summed E-state index contributed by atoms with van der Waals surface area (Å²) in [6.45, 7) is 1.23. The Morgan fingerprint density at radius 3 is 2.79 bits per heavy atom. The number of aromatic nitrogens is 1. The molecule has 100 valence electrons. The Labute approximate surface area is 113 Å². The van der Waals surface area contributed by atoms with E-state index in [2.05, 4.69) is 17.1 Å². The van der Waals surface area contributed by atoms with Crippen LogP contribution in [0.4, 0.5) is 0 Å². The molecule has 3 rings (SSSR count). The van der Waals surface area contributed by atoms with Gasteiger partial charge < -0.3 is 10.5 Å².